The van der Waals surface area contributed by atoms with E-state index in [0.717, 1.165) is 27.8 Å². The topological polar surface area (TPSA) is 44.4 Å². The van der Waals surface area contributed by atoms with Gasteiger partial charge in [0, 0.05) is 24.5 Å². The molecule has 0 saturated heterocycles. The molecule has 0 aliphatic carbocycles. The molecule has 0 spiro atoms. The van der Waals surface area contributed by atoms with Crippen molar-refractivity contribution in [3.05, 3.63) is 34.8 Å². The van der Waals surface area contributed by atoms with Crippen LogP contribution in [0.4, 0.5) is 11.4 Å². The van der Waals surface area contributed by atoms with E-state index in [9.17, 15) is 4.79 Å². The first kappa shape index (κ1) is 15.0. The van der Waals surface area contributed by atoms with Crippen molar-refractivity contribution in [3.63, 3.8) is 0 Å². The van der Waals surface area contributed by atoms with Crippen LogP contribution >= 0.6 is 28.1 Å². The van der Waals surface area contributed by atoms with Crippen molar-refractivity contribution in [2.45, 2.75) is 13.3 Å². The number of thiocarbonyl (C=S) groups is 1. The molecule has 2 N–H and O–H groups in total. The first-order valence-corrected chi connectivity index (χ1v) is 7.49. The molecule has 6 heteroatoms. The highest BCUT2D eigenvalue weighted by Gasteiger charge is 2.26. The van der Waals surface area contributed by atoms with E-state index in [1.165, 1.54) is 0 Å². The highest BCUT2D eigenvalue weighted by atomic mass is 79.9. The largest absolute Gasteiger partial charge is 0.359 e. The van der Waals surface area contributed by atoms with Crippen molar-refractivity contribution in [1.82, 2.24) is 5.32 Å². The van der Waals surface area contributed by atoms with Gasteiger partial charge in [0.2, 0.25) is 5.91 Å². The summed E-state index contributed by atoms with van der Waals surface area (Å²) in [4.78, 5) is 13.5. The minimum Gasteiger partial charge on any atom is -0.359 e. The summed E-state index contributed by atoms with van der Waals surface area (Å²) in [5.41, 5.74) is 2.90. The van der Waals surface area contributed by atoms with Crippen LogP contribution in [0.3, 0.4) is 0 Å². The molecule has 0 unspecified atom stereocenters. The number of anilines is 2. The maximum Gasteiger partial charge on any atom is 0.223 e. The number of carbonyl (C=O) groups excluding carboxylic acids is 1. The van der Waals surface area contributed by atoms with E-state index in [1.54, 1.807) is 17.9 Å². The third-order valence-electron chi connectivity index (χ3n) is 3.06. The average Bonchev–Trinajstić information content (AvgIpc) is 2.80. The number of amides is 1. The molecule has 1 aromatic carbocycles. The van der Waals surface area contributed by atoms with Gasteiger partial charge in [-0.3, -0.25) is 4.79 Å². The molecule has 0 radical (unpaired) electrons. The molecule has 0 atom stereocenters. The molecule has 0 fully saturated rings. The average molecular weight is 354 g/mol. The van der Waals surface area contributed by atoms with Crippen molar-refractivity contribution in [1.29, 1.82) is 0 Å². The number of nitrogens with zero attached hydrogens (tertiary/aromatic N) is 1. The fourth-order valence-electron chi connectivity index (χ4n) is 2.25. The summed E-state index contributed by atoms with van der Waals surface area (Å²) in [6, 6.07) is 3.98. The van der Waals surface area contributed by atoms with Crippen LogP contribution in [0.25, 0.3) is 0 Å². The fourth-order valence-corrected chi connectivity index (χ4v) is 2.95. The smallest absolute Gasteiger partial charge is 0.223 e. The Morgan fingerprint density at radius 1 is 1.60 bits per heavy atom. The van der Waals surface area contributed by atoms with E-state index < -0.39 is 0 Å². The predicted molar refractivity (Wildman–Crippen MR) is 90.3 cm³/mol. The quantitative estimate of drug-likeness (QED) is 0.647. The molecule has 0 aromatic heterocycles. The summed E-state index contributed by atoms with van der Waals surface area (Å²) >= 11 is 8.72. The predicted octanol–water partition coefficient (Wildman–Crippen LogP) is 2.83. The summed E-state index contributed by atoms with van der Waals surface area (Å²) in [5, 5.41) is 6.68. The van der Waals surface area contributed by atoms with E-state index in [0.29, 0.717) is 18.2 Å². The van der Waals surface area contributed by atoms with Crippen LogP contribution in [-0.2, 0) is 11.2 Å². The summed E-state index contributed by atoms with van der Waals surface area (Å²) in [6.45, 7) is 6.52. The first-order valence-electron chi connectivity index (χ1n) is 6.29. The van der Waals surface area contributed by atoms with Gasteiger partial charge in [-0.2, -0.15) is 0 Å². The zero-order chi connectivity index (χ0) is 14.7. The van der Waals surface area contributed by atoms with Crippen molar-refractivity contribution >= 4 is 50.5 Å². The van der Waals surface area contributed by atoms with Crippen molar-refractivity contribution in [3.8, 4) is 0 Å². The van der Waals surface area contributed by atoms with Crippen molar-refractivity contribution in [2.24, 2.45) is 0 Å². The van der Waals surface area contributed by atoms with Crippen LogP contribution in [-0.4, -0.2) is 24.1 Å². The molecule has 1 heterocycles. The second kappa shape index (κ2) is 6.37. The number of hydrogen-bond donors (Lipinski definition) is 2. The summed E-state index contributed by atoms with van der Waals surface area (Å²) in [5.74, 6) is 0.0408. The zero-order valence-electron chi connectivity index (χ0n) is 11.2. The lowest BCUT2D eigenvalue weighted by molar-refractivity contribution is -0.116. The monoisotopic (exact) mass is 353 g/mol. The molecule has 0 bridgehead atoms. The van der Waals surface area contributed by atoms with Gasteiger partial charge in [-0.1, -0.05) is 22.0 Å². The Morgan fingerprint density at radius 3 is 3.00 bits per heavy atom. The number of halogens is 1. The van der Waals surface area contributed by atoms with E-state index in [2.05, 4.69) is 33.1 Å². The molecule has 1 aromatic rings. The molecular weight excluding hydrogens is 338 g/mol. The molecule has 1 aliphatic rings. The number of carbonyl (C=O) groups is 1. The van der Waals surface area contributed by atoms with Gasteiger partial charge < -0.3 is 15.5 Å². The molecule has 0 saturated carbocycles. The molecule has 4 nitrogen and oxygen atoms in total. The van der Waals surface area contributed by atoms with Crippen LogP contribution < -0.4 is 15.5 Å². The van der Waals surface area contributed by atoms with Gasteiger partial charge in [0.25, 0.3) is 0 Å². The molecule has 20 heavy (non-hydrogen) atoms. The van der Waals surface area contributed by atoms with Gasteiger partial charge in [-0.15, -0.1) is 6.58 Å². The van der Waals surface area contributed by atoms with Gasteiger partial charge in [0.1, 0.15) is 0 Å². The Kier molecular flexibility index (Phi) is 4.77. The molecule has 106 valence electrons. The van der Waals surface area contributed by atoms with E-state index in [4.69, 9.17) is 12.2 Å². The van der Waals surface area contributed by atoms with Crippen molar-refractivity contribution in [2.75, 3.05) is 23.3 Å². The minimum atomic E-state index is 0.0408. The number of rotatable bonds is 3. The summed E-state index contributed by atoms with van der Waals surface area (Å²) < 4.78 is 0.968. The normalized spacial score (nSPS) is 12.8. The van der Waals surface area contributed by atoms with Crippen LogP contribution in [0, 0.1) is 0 Å². The Balaban J connectivity index is 2.31. The van der Waals surface area contributed by atoms with Gasteiger partial charge in [0.15, 0.2) is 5.11 Å². The zero-order valence-corrected chi connectivity index (χ0v) is 13.6. The van der Waals surface area contributed by atoms with E-state index in [-0.39, 0.29) is 5.91 Å². The number of nitrogens with one attached hydrogen (secondary N) is 2. The molecule has 2 rings (SSSR count). The van der Waals surface area contributed by atoms with Crippen LogP contribution in [0.1, 0.15) is 12.5 Å². The van der Waals surface area contributed by atoms with Crippen molar-refractivity contribution < 1.29 is 4.79 Å². The SMILES string of the molecule is C=CCNC(=S)Nc1cc(Br)cc2c1N(C(C)=O)CC2. The van der Waals surface area contributed by atoms with Gasteiger partial charge >= 0.3 is 0 Å². The van der Waals surface area contributed by atoms with Gasteiger partial charge in [-0.25, -0.2) is 0 Å². The summed E-state index contributed by atoms with van der Waals surface area (Å²) in [7, 11) is 0. The van der Waals surface area contributed by atoms with E-state index in [1.807, 2.05) is 12.1 Å². The van der Waals surface area contributed by atoms with E-state index >= 15 is 0 Å². The number of hydrogen-bond acceptors (Lipinski definition) is 2. The second-order valence-corrected chi connectivity index (χ2v) is 5.83. The lowest BCUT2D eigenvalue weighted by Gasteiger charge is -2.20. The summed E-state index contributed by atoms with van der Waals surface area (Å²) in [6.07, 6.45) is 2.59. The first-order chi connectivity index (χ1) is 9.52. The lowest BCUT2D eigenvalue weighted by Crippen LogP contribution is -2.30. The van der Waals surface area contributed by atoms with Gasteiger partial charge in [0.05, 0.1) is 11.4 Å². The third-order valence-corrected chi connectivity index (χ3v) is 3.77. The number of benzene rings is 1. The van der Waals surface area contributed by atoms with Crippen LogP contribution in [0.5, 0.6) is 0 Å². The lowest BCUT2D eigenvalue weighted by atomic mass is 10.1. The molecule has 1 amide bonds. The Morgan fingerprint density at radius 2 is 2.35 bits per heavy atom. The highest BCUT2D eigenvalue weighted by Crippen LogP contribution is 2.38. The maximum atomic E-state index is 11.7. The van der Waals surface area contributed by atoms with Gasteiger partial charge in [-0.05, 0) is 36.3 Å². The Labute approximate surface area is 132 Å². The fraction of sp³-hybridized carbons (Fsp3) is 0.286. The second-order valence-electron chi connectivity index (χ2n) is 4.51. The Hall–Kier alpha value is -1.40. The van der Waals surface area contributed by atoms with Crippen LogP contribution in [0.15, 0.2) is 29.3 Å². The maximum absolute atomic E-state index is 11.7. The standard InChI is InChI=1S/C14H16BrN3OS/c1-3-5-16-14(20)17-12-8-11(15)7-10-4-6-18(9(2)19)13(10)12/h3,7-8H,1,4-6H2,2H3,(H2,16,17,20). The molecular formula is C14H16BrN3OS. The third kappa shape index (κ3) is 3.19. The molecule has 1 aliphatic heterocycles. The number of fused-ring (bicyclic) bond motifs is 1. The minimum absolute atomic E-state index is 0.0408. The van der Waals surface area contributed by atoms with Crippen LogP contribution in [0.2, 0.25) is 0 Å². The highest BCUT2D eigenvalue weighted by molar-refractivity contribution is 9.10. The Bertz CT molecular complexity index is 574.